The van der Waals surface area contributed by atoms with Crippen molar-refractivity contribution in [3.8, 4) is 0 Å². The summed E-state index contributed by atoms with van der Waals surface area (Å²) >= 11 is 0. The maximum atomic E-state index is 12.6. The normalized spacial score (nSPS) is 15.4. The van der Waals surface area contributed by atoms with Crippen molar-refractivity contribution in [2.45, 2.75) is 19.2 Å². The summed E-state index contributed by atoms with van der Waals surface area (Å²) < 4.78 is 52.6. The summed E-state index contributed by atoms with van der Waals surface area (Å²) in [6.07, 6.45) is -4.69. The van der Waals surface area contributed by atoms with Gasteiger partial charge in [-0.1, -0.05) is 6.07 Å². The molecule has 0 radical (unpaired) electrons. The van der Waals surface area contributed by atoms with E-state index in [-0.39, 0.29) is 18.1 Å². The van der Waals surface area contributed by atoms with E-state index in [9.17, 15) is 22.8 Å². The molecule has 0 aliphatic carbocycles. The van der Waals surface area contributed by atoms with Crippen LogP contribution in [-0.2, 0) is 30.0 Å². The summed E-state index contributed by atoms with van der Waals surface area (Å²) in [6.45, 7) is 1.75. The highest BCUT2D eigenvalue weighted by Crippen LogP contribution is 2.30. The number of anilines is 1. The minimum atomic E-state index is -4.52. The monoisotopic (exact) mass is 345 g/mol. The fraction of sp³-hybridized carbons (Fsp3) is 0.333. The van der Waals surface area contributed by atoms with E-state index < -0.39 is 29.7 Å². The molecule has 2 rings (SSSR count). The molecule has 9 heteroatoms. The van der Waals surface area contributed by atoms with E-state index in [4.69, 9.17) is 14.2 Å². The number of amides is 1. The molecule has 0 saturated carbocycles. The van der Waals surface area contributed by atoms with Crippen molar-refractivity contribution < 1.29 is 37.0 Å². The summed E-state index contributed by atoms with van der Waals surface area (Å²) in [6, 6.07) is 4.12. The number of benzene rings is 1. The molecule has 1 N–H and O–H groups in total. The van der Waals surface area contributed by atoms with Crippen LogP contribution in [0.5, 0.6) is 0 Å². The largest absolute Gasteiger partial charge is 0.493 e. The fourth-order valence-corrected chi connectivity index (χ4v) is 1.76. The van der Waals surface area contributed by atoms with Crippen LogP contribution in [-0.4, -0.2) is 31.2 Å². The van der Waals surface area contributed by atoms with Crippen LogP contribution in [0.1, 0.15) is 12.5 Å². The second kappa shape index (κ2) is 7.24. The van der Waals surface area contributed by atoms with Gasteiger partial charge in [0.1, 0.15) is 19.5 Å². The quantitative estimate of drug-likeness (QED) is 0.849. The zero-order valence-corrected chi connectivity index (χ0v) is 12.6. The number of hydrogen-bond donors (Lipinski definition) is 1. The molecule has 0 saturated heterocycles. The van der Waals surface area contributed by atoms with Gasteiger partial charge in [0.15, 0.2) is 6.10 Å². The molecule has 130 valence electrons. The molecule has 1 amide bonds. The van der Waals surface area contributed by atoms with E-state index in [1.807, 2.05) is 0 Å². The molecule has 0 aromatic heterocycles. The predicted octanol–water partition coefficient (Wildman–Crippen LogP) is 2.46. The van der Waals surface area contributed by atoms with E-state index in [2.05, 4.69) is 5.32 Å². The molecule has 6 nitrogen and oxygen atoms in total. The van der Waals surface area contributed by atoms with Crippen molar-refractivity contribution in [2.24, 2.45) is 0 Å². The lowest BCUT2D eigenvalue weighted by Gasteiger charge is -2.17. The summed E-state index contributed by atoms with van der Waals surface area (Å²) in [4.78, 5) is 23.7. The van der Waals surface area contributed by atoms with Gasteiger partial charge in [-0.15, -0.1) is 0 Å². The van der Waals surface area contributed by atoms with Crippen molar-refractivity contribution in [3.05, 3.63) is 41.9 Å². The Bertz CT molecular complexity index is 657. The van der Waals surface area contributed by atoms with Gasteiger partial charge in [-0.2, -0.15) is 13.2 Å². The number of carbonyl (C=O) groups is 2. The molecule has 1 aliphatic heterocycles. The van der Waals surface area contributed by atoms with Gasteiger partial charge in [-0.3, -0.25) is 4.79 Å². The van der Waals surface area contributed by atoms with Gasteiger partial charge in [-0.25, -0.2) is 4.79 Å². The lowest BCUT2D eigenvalue weighted by molar-refractivity contribution is -0.153. The Morgan fingerprint density at radius 1 is 1.29 bits per heavy atom. The minimum Gasteiger partial charge on any atom is -0.493 e. The average molecular weight is 345 g/mol. The van der Waals surface area contributed by atoms with Gasteiger partial charge in [0.2, 0.25) is 5.76 Å². The van der Waals surface area contributed by atoms with Crippen LogP contribution in [0.2, 0.25) is 0 Å². The summed E-state index contributed by atoms with van der Waals surface area (Å²) in [7, 11) is 0. The van der Waals surface area contributed by atoms with Crippen LogP contribution in [0.25, 0.3) is 0 Å². The SMILES string of the molecule is C[C@H](OC(=O)C1=COCCO1)C(=O)Nc1cccc(C(F)(F)F)c1. The molecule has 1 aliphatic rings. The van der Waals surface area contributed by atoms with Crippen molar-refractivity contribution in [1.29, 1.82) is 0 Å². The molecule has 1 heterocycles. The van der Waals surface area contributed by atoms with Gasteiger partial charge in [-0.05, 0) is 25.1 Å². The lowest BCUT2D eigenvalue weighted by Crippen LogP contribution is -2.31. The number of ether oxygens (including phenoxy) is 3. The molecule has 0 fully saturated rings. The van der Waals surface area contributed by atoms with Crippen molar-refractivity contribution in [3.63, 3.8) is 0 Å². The third-order valence-electron chi connectivity index (χ3n) is 2.96. The van der Waals surface area contributed by atoms with Crippen LogP contribution in [0, 0.1) is 0 Å². The second-order valence-corrected chi connectivity index (χ2v) is 4.82. The summed E-state index contributed by atoms with van der Waals surface area (Å²) in [5.74, 6) is -1.86. The summed E-state index contributed by atoms with van der Waals surface area (Å²) in [5, 5.41) is 2.25. The fourth-order valence-electron chi connectivity index (χ4n) is 1.76. The van der Waals surface area contributed by atoms with Crippen LogP contribution in [0.3, 0.4) is 0 Å². The first-order chi connectivity index (χ1) is 11.3. The molecule has 1 atom stereocenters. The zero-order valence-electron chi connectivity index (χ0n) is 12.6. The Labute approximate surface area is 135 Å². The molecule has 1 aromatic carbocycles. The number of hydrogen-bond acceptors (Lipinski definition) is 5. The maximum absolute atomic E-state index is 12.6. The number of rotatable bonds is 4. The number of esters is 1. The van der Waals surface area contributed by atoms with Gasteiger partial charge >= 0.3 is 12.1 Å². The Balaban J connectivity index is 1.96. The highest BCUT2D eigenvalue weighted by Gasteiger charge is 2.31. The Hall–Kier alpha value is -2.71. The highest BCUT2D eigenvalue weighted by atomic mass is 19.4. The Kier molecular flexibility index (Phi) is 5.32. The first kappa shape index (κ1) is 17.6. The minimum absolute atomic E-state index is 0.0609. The standard InChI is InChI=1S/C15H14F3NO5/c1-9(24-14(21)12-8-22-5-6-23-12)13(20)19-11-4-2-3-10(7-11)15(16,17)18/h2-4,7-9H,5-6H2,1H3,(H,19,20)/t9-/m0/s1. The van der Waals surface area contributed by atoms with Crippen LogP contribution in [0.15, 0.2) is 36.3 Å². The van der Waals surface area contributed by atoms with Crippen LogP contribution < -0.4 is 5.32 Å². The smallest absolute Gasteiger partial charge is 0.416 e. The van der Waals surface area contributed by atoms with E-state index in [0.29, 0.717) is 6.61 Å². The second-order valence-electron chi connectivity index (χ2n) is 4.82. The Morgan fingerprint density at radius 3 is 2.67 bits per heavy atom. The molecular formula is C15H14F3NO5. The van der Waals surface area contributed by atoms with Gasteiger partial charge in [0.05, 0.1) is 5.56 Å². The van der Waals surface area contributed by atoms with E-state index in [1.54, 1.807) is 0 Å². The van der Waals surface area contributed by atoms with Crippen molar-refractivity contribution in [1.82, 2.24) is 0 Å². The van der Waals surface area contributed by atoms with Crippen molar-refractivity contribution in [2.75, 3.05) is 18.5 Å². The highest BCUT2D eigenvalue weighted by molar-refractivity contribution is 5.96. The topological polar surface area (TPSA) is 73.9 Å². The molecular weight excluding hydrogens is 331 g/mol. The van der Waals surface area contributed by atoms with Crippen LogP contribution in [0.4, 0.5) is 18.9 Å². The van der Waals surface area contributed by atoms with Gasteiger partial charge in [0.25, 0.3) is 5.91 Å². The molecule has 1 aromatic rings. The van der Waals surface area contributed by atoms with Crippen LogP contribution >= 0.6 is 0 Å². The number of alkyl halides is 3. The maximum Gasteiger partial charge on any atom is 0.416 e. The third kappa shape index (κ3) is 4.64. The number of halogens is 3. The zero-order chi connectivity index (χ0) is 17.7. The molecule has 0 spiro atoms. The molecule has 0 bridgehead atoms. The van der Waals surface area contributed by atoms with Gasteiger partial charge < -0.3 is 19.5 Å². The number of nitrogens with one attached hydrogen (secondary N) is 1. The Morgan fingerprint density at radius 2 is 2.04 bits per heavy atom. The van der Waals surface area contributed by atoms with E-state index in [1.165, 1.54) is 13.0 Å². The summed E-state index contributed by atoms with van der Waals surface area (Å²) in [5.41, 5.74) is -0.961. The van der Waals surface area contributed by atoms with Gasteiger partial charge in [0, 0.05) is 5.69 Å². The lowest BCUT2D eigenvalue weighted by atomic mass is 10.2. The first-order valence-electron chi connectivity index (χ1n) is 6.91. The first-order valence-corrected chi connectivity index (χ1v) is 6.91. The third-order valence-corrected chi connectivity index (χ3v) is 2.96. The molecule has 0 unspecified atom stereocenters. The van der Waals surface area contributed by atoms with E-state index >= 15 is 0 Å². The van der Waals surface area contributed by atoms with Crippen molar-refractivity contribution >= 4 is 17.6 Å². The average Bonchev–Trinajstić information content (AvgIpc) is 2.55. The molecule has 24 heavy (non-hydrogen) atoms. The van der Waals surface area contributed by atoms with E-state index in [0.717, 1.165) is 24.5 Å². The number of carbonyl (C=O) groups excluding carboxylic acids is 2. The predicted molar refractivity (Wildman–Crippen MR) is 75.6 cm³/mol.